The Balaban J connectivity index is 1.86. The summed E-state index contributed by atoms with van der Waals surface area (Å²) in [6.07, 6.45) is 0. The Bertz CT molecular complexity index is 436. The van der Waals surface area contributed by atoms with Gasteiger partial charge in [0.2, 0.25) is 11.8 Å². The van der Waals surface area contributed by atoms with E-state index in [1.54, 1.807) is 16.7 Å². The van der Waals surface area contributed by atoms with Gasteiger partial charge in [-0.15, -0.1) is 11.8 Å². The lowest BCUT2D eigenvalue weighted by atomic mass is 10.1. The summed E-state index contributed by atoms with van der Waals surface area (Å²) in [6, 6.07) is 9.74. The molecule has 1 heterocycles. The highest BCUT2D eigenvalue weighted by molar-refractivity contribution is 8.00. The summed E-state index contributed by atoms with van der Waals surface area (Å²) >= 11 is 1.54. The zero-order valence-corrected chi connectivity index (χ0v) is 11.1. The number of benzene rings is 1. The van der Waals surface area contributed by atoms with Crippen LogP contribution in [0.4, 0.5) is 0 Å². The van der Waals surface area contributed by atoms with Crippen molar-refractivity contribution in [2.45, 2.75) is 13.0 Å². The summed E-state index contributed by atoms with van der Waals surface area (Å²) in [7, 11) is 0. The molecule has 1 aromatic carbocycles. The largest absolute Gasteiger partial charge is 0.348 e. The summed E-state index contributed by atoms with van der Waals surface area (Å²) in [5, 5.41) is 2.90. The molecule has 1 aliphatic rings. The van der Waals surface area contributed by atoms with Crippen molar-refractivity contribution in [2.75, 3.05) is 18.2 Å². The monoisotopic (exact) mass is 264 g/mol. The number of rotatable bonds is 4. The molecule has 1 atom stereocenters. The smallest absolute Gasteiger partial charge is 0.240 e. The first-order valence-electron chi connectivity index (χ1n) is 5.86. The maximum absolute atomic E-state index is 11.8. The van der Waals surface area contributed by atoms with E-state index in [1.807, 2.05) is 37.3 Å². The number of nitrogens with zero attached hydrogens (tertiary/aromatic N) is 1. The van der Waals surface area contributed by atoms with Crippen molar-refractivity contribution in [1.29, 1.82) is 0 Å². The minimum absolute atomic E-state index is 0.0379. The third-order valence-corrected chi connectivity index (χ3v) is 3.78. The van der Waals surface area contributed by atoms with E-state index in [0.29, 0.717) is 11.6 Å². The maximum atomic E-state index is 11.8. The van der Waals surface area contributed by atoms with Gasteiger partial charge in [-0.1, -0.05) is 30.3 Å². The van der Waals surface area contributed by atoms with Crippen LogP contribution >= 0.6 is 11.8 Å². The van der Waals surface area contributed by atoms with Gasteiger partial charge < -0.3 is 10.2 Å². The first-order valence-corrected chi connectivity index (χ1v) is 7.02. The molecule has 0 saturated carbocycles. The van der Waals surface area contributed by atoms with Crippen molar-refractivity contribution in [2.24, 2.45) is 0 Å². The molecular weight excluding hydrogens is 248 g/mol. The summed E-state index contributed by atoms with van der Waals surface area (Å²) in [4.78, 5) is 24.8. The van der Waals surface area contributed by atoms with E-state index in [9.17, 15) is 9.59 Å². The van der Waals surface area contributed by atoms with Crippen LogP contribution < -0.4 is 5.32 Å². The van der Waals surface area contributed by atoms with Crippen molar-refractivity contribution in [3.63, 3.8) is 0 Å². The molecule has 96 valence electrons. The number of carbonyl (C=O) groups excluding carboxylic acids is 2. The van der Waals surface area contributed by atoms with Crippen LogP contribution in [-0.4, -0.2) is 34.9 Å². The van der Waals surface area contributed by atoms with E-state index < -0.39 is 0 Å². The third-order valence-electron chi connectivity index (χ3n) is 2.84. The highest BCUT2D eigenvalue weighted by Gasteiger charge is 2.23. The van der Waals surface area contributed by atoms with E-state index >= 15 is 0 Å². The van der Waals surface area contributed by atoms with Gasteiger partial charge in [0, 0.05) is 0 Å². The lowest BCUT2D eigenvalue weighted by Crippen LogP contribution is -2.39. The van der Waals surface area contributed by atoms with Crippen LogP contribution in [-0.2, 0) is 9.59 Å². The van der Waals surface area contributed by atoms with Gasteiger partial charge in [-0.05, 0) is 12.5 Å². The average Bonchev–Trinajstić information content (AvgIpc) is 2.76. The summed E-state index contributed by atoms with van der Waals surface area (Å²) < 4.78 is 0. The second kappa shape index (κ2) is 5.91. The van der Waals surface area contributed by atoms with Gasteiger partial charge in [-0.2, -0.15) is 0 Å². The predicted octanol–water partition coefficient (Wildman–Crippen LogP) is 1.40. The topological polar surface area (TPSA) is 49.4 Å². The molecule has 18 heavy (non-hydrogen) atoms. The van der Waals surface area contributed by atoms with Crippen LogP contribution in [0.5, 0.6) is 0 Å². The molecule has 1 aromatic rings. The lowest BCUT2D eigenvalue weighted by molar-refractivity contribution is -0.132. The van der Waals surface area contributed by atoms with E-state index in [0.717, 1.165) is 5.56 Å². The molecule has 1 N–H and O–H groups in total. The number of thioether (sulfide) groups is 1. The molecule has 0 bridgehead atoms. The summed E-state index contributed by atoms with van der Waals surface area (Å²) in [5.41, 5.74) is 1.06. The van der Waals surface area contributed by atoms with Crippen molar-refractivity contribution in [3.05, 3.63) is 35.9 Å². The highest BCUT2D eigenvalue weighted by Crippen LogP contribution is 2.15. The maximum Gasteiger partial charge on any atom is 0.240 e. The molecule has 5 heteroatoms. The highest BCUT2D eigenvalue weighted by atomic mass is 32.2. The van der Waals surface area contributed by atoms with Gasteiger partial charge in [-0.3, -0.25) is 9.59 Å². The standard InChI is InChI=1S/C13H16N2O2S/c1-10(11-5-3-2-4-6-11)14-12(16)7-15-9-18-8-13(15)17/h2-6,10H,7-9H2,1H3,(H,14,16)/t10-/m0/s1. The minimum atomic E-state index is -0.109. The third kappa shape index (κ3) is 3.26. The molecule has 0 aliphatic carbocycles. The molecule has 0 radical (unpaired) electrons. The Morgan fingerprint density at radius 1 is 1.44 bits per heavy atom. The Morgan fingerprint density at radius 2 is 2.17 bits per heavy atom. The number of nitrogens with one attached hydrogen (secondary N) is 1. The van der Waals surface area contributed by atoms with Crippen LogP contribution in [0.2, 0.25) is 0 Å². The second-order valence-corrected chi connectivity index (χ2v) is 5.22. The van der Waals surface area contributed by atoms with Gasteiger partial charge in [0.1, 0.15) is 6.54 Å². The number of amides is 2. The normalized spacial score (nSPS) is 16.7. The molecule has 1 saturated heterocycles. The van der Waals surface area contributed by atoms with Crippen molar-refractivity contribution < 1.29 is 9.59 Å². The zero-order chi connectivity index (χ0) is 13.0. The van der Waals surface area contributed by atoms with Crippen LogP contribution in [0, 0.1) is 0 Å². The Labute approximate surface area is 111 Å². The van der Waals surface area contributed by atoms with Crippen molar-refractivity contribution in [3.8, 4) is 0 Å². The fourth-order valence-corrected chi connectivity index (χ4v) is 2.73. The van der Waals surface area contributed by atoms with Crippen LogP contribution in [0.1, 0.15) is 18.5 Å². The fraction of sp³-hybridized carbons (Fsp3) is 0.385. The van der Waals surface area contributed by atoms with E-state index in [4.69, 9.17) is 0 Å². The quantitative estimate of drug-likeness (QED) is 0.894. The van der Waals surface area contributed by atoms with Gasteiger partial charge in [0.15, 0.2) is 0 Å². The summed E-state index contributed by atoms with van der Waals surface area (Å²) in [6.45, 7) is 2.09. The molecule has 0 aromatic heterocycles. The number of carbonyl (C=O) groups is 2. The minimum Gasteiger partial charge on any atom is -0.348 e. The molecule has 1 aliphatic heterocycles. The van der Waals surface area contributed by atoms with Gasteiger partial charge in [0.25, 0.3) is 0 Å². The van der Waals surface area contributed by atoms with Crippen molar-refractivity contribution in [1.82, 2.24) is 10.2 Å². The Kier molecular flexibility index (Phi) is 4.25. The summed E-state index contributed by atoms with van der Waals surface area (Å²) in [5.74, 6) is 1.04. The molecule has 0 spiro atoms. The van der Waals surface area contributed by atoms with Crippen LogP contribution in [0.15, 0.2) is 30.3 Å². The van der Waals surface area contributed by atoms with E-state index in [2.05, 4.69) is 5.32 Å². The Morgan fingerprint density at radius 3 is 2.78 bits per heavy atom. The van der Waals surface area contributed by atoms with Crippen molar-refractivity contribution >= 4 is 23.6 Å². The van der Waals surface area contributed by atoms with E-state index in [-0.39, 0.29) is 24.4 Å². The first kappa shape index (κ1) is 13.0. The molecule has 0 unspecified atom stereocenters. The van der Waals surface area contributed by atoms with Crippen LogP contribution in [0.3, 0.4) is 0 Å². The number of hydrogen-bond acceptors (Lipinski definition) is 3. The zero-order valence-electron chi connectivity index (χ0n) is 10.3. The molecule has 1 fully saturated rings. The van der Waals surface area contributed by atoms with Gasteiger partial charge in [0.05, 0.1) is 17.7 Å². The molecule has 2 amide bonds. The van der Waals surface area contributed by atoms with Crippen LogP contribution in [0.25, 0.3) is 0 Å². The molecule has 4 nitrogen and oxygen atoms in total. The Hall–Kier alpha value is -1.49. The predicted molar refractivity (Wildman–Crippen MR) is 72.0 cm³/mol. The van der Waals surface area contributed by atoms with Gasteiger partial charge in [-0.25, -0.2) is 0 Å². The molecular formula is C13H16N2O2S. The van der Waals surface area contributed by atoms with E-state index in [1.165, 1.54) is 0 Å². The lowest BCUT2D eigenvalue weighted by Gasteiger charge is -2.18. The second-order valence-electron chi connectivity index (χ2n) is 4.27. The first-order chi connectivity index (χ1) is 8.66. The molecule has 2 rings (SSSR count). The SMILES string of the molecule is C[C@H](NC(=O)CN1CSCC1=O)c1ccccc1. The fourth-order valence-electron chi connectivity index (χ4n) is 1.83. The van der Waals surface area contributed by atoms with Gasteiger partial charge >= 0.3 is 0 Å². The number of hydrogen-bond donors (Lipinski definition) is 1. The average molecular weight is 264 g/mol.